The number of amides is 1. The average Bonchev–Trinajstić information content (AvgIpc) is 2.34. The van der Waals surface area contributed by atoms with E-state index in [4.69, 9.17) is 23.2 Å². The van der Waals surface area contributed by atoms with Crippen molar-refractivity contribution >= 4 is 34.8 Å². The highest BCUT2D eigenvalue weighted by Crippen LogP contribution is 2.23. The minimum absolute atomic E-state index is 0.110. The molecule has 1 N–H and O–H groups in total. The van der Waals surface area contributed by atoms with Crippen LogP contribution < -0.4 is 10.9 Å². The standard InChI is InChI=1S/C15H14Cl2N2O2/c1-8-4-9(2)19(3)15(21)13(8)14(20)18-12-6-10(16)5-11(17)7-12/h4-7H,1-3H3,(H,18,20). The van der Waals surface area contributed by atoms with Crippen molar-refractivity contribution in [3.8, 4) is 0 Å². The predicted molar refractivity (Wildman–Crippen MR) is 85.6 cm³/mol. The Bertz CT molecular complexity index is 762. The average molecular weight is 325 g/mol. The zero-order valence-corrected chi connectivity index (χ0v) is 13.3. The summed E-state index contributed by atoms with van der Waals surface area (Å²) in [5.74, 6) is -0.480. The third-order valence-corrected chi connectivity index (χ3v) is 3.65. The van der Waals surface area contributed by atoms with E-state index in [0.29, 0.717) is 21.3 Å². The number of carbonyl (C=O) groups is 1. The first-order chi connectivity index (χ1) is 9.79. The molecule has 0 saturated heterocycles. The molecule has 0 fully saturated rings. The number of pyridine rings is 1. The highest BCUT2D eigenvalue weighted by molar-refractivity contribution is 6.35. The van der Waals surface area contributed by atoms with Gasteiger partial charge in [-0.05, 0) is 43.7 Å². The lowest BCUT2D eigenvalue weighted by atomic mass is 10.1. The van der Waals surface area contributed by atoms with Crippen LogP contribution in [0.4, 0.5) is 5.69 Å². The molecule has 110 valence electrons. The smallest absolute Gasteiger partial charge is 0.263 e. The van der Waals surface area contributed by atoms with E-state index >= 15 is 0 Å². The number of hydrogen-bond donors (Lipinski definition) is 1. The number of nitrogens with zero attached hydrogens (tertiary/aromatic N) is 1. The molecular formula is C15H14Cl2N2O2. The van der Waals surface area contributed by atoms with Crippen molar-refractivity contribution in [3.63, 3.8) is 0 Å². The summed E-state index contributed by atoms with van der Waals surface area (Å²) in [6, 6.07) is 6.49. The molecule has 0 radical (unpaired) electrons. The Morgan fingerprint density at radius 2 is 1.67 bits per heavy atom. The molecule has 0 aliphatic rings. The van der Waals surface area contributed by atoms with Crippen LogP contribution in [0.1, 0.15) is 21.6 Å². The second-order valence-electron chi connectivity index (χ2n) is 4.82. The fraction of sp³-hybridized carbons (Fsp3) is 0.200. The number of anilines is 1. The second-order valence-corrected chi connectivity index (χ2v) is 5.69. The maximum atomic E-state index is 12.3. The summed E-state index contributed by atoms with van der Waals surface area (Å²) in [5, 5.41) is 3.46. The number of hydrogen-bond acceptors (Lipinski definition) is 2. The van der Waals surface area contributed by atoms with E-state index in [2.05, 4.69) is 5.32 Å². The van der Waals surface area contributed by atoms with Gasteiger partial charge in [0.25, 0.3) is 11.5 Å². The Labute approximate surface area is 132 Å². The third-order valence-electron chi connectivity index (χ3n) is 3.21. The number of aromatic nitrogens is 1. The van der Waals surface area contributed by atoms with Gasteiger partial charge in [0.2, 0.25) is 0 Å². The fourth-order valence-electron chi connectivity index (χ4n) is 2.07. The highest BCUT2D eigenvalue weighted by Gasteiger charge is 2.16. The lowest BCUT2D eigenvalue weighted by Crippen LogP contribution is -2.30. The minimum Gasteiger partial charge on any atom is -0.322 e. The van der Waals surface area contributed by atoms with Gasteiger partial charge in [-0.3, -0.25) is 9.59 Å². The molecule has 0 saturated carbocycles. The second kappa shape index (κ2) is 5.92. The first-order valence-electron chi connectivity index (χ1n) is 6.24. The molecule has 21 heavy (non-hydrogen) atoms. The molecule has 2 rings (SSSR count). The summed E-state index contributed by atoms with van der Waals surface area (Å²) >= 11 is 11.8. The van der Waals surface area contributed by atoms with Crippen molar-refractivity contribution in [1.29, 1.82) is 0 Å². The number of benzene rings is 1. The number of halogens is 2. The van der Waals surface area contributed by atoms with Crippen LogP contribution in [-0.2, 0) is 7.05 Å². The van der Waals surface area contributed by atoms with Crippen molar-refractivity contribution in [1.82, 2.24) is 4.57 Å². The summed E-state index contributed by atoms with van der Waals surface area (Å²) in [6.45, 7) is 3.54. The van der Waals surface area contributed by atoms with Gasteiger partial charge in [0.1, 0.15) is 5.56 Å². The quantitative estimate of drug-likeness (QED) is 0.918. The molecule has 1 heterocycles. The predicted octanol–water partition coefficient (Wildman–Crippen LogP) is 3.56. The topological polar surface area (TPSA) is 51.1 Å². The number of nitrogens with one attached hydrogen (secondary N) is 1. The number of carbonyl (C=O) groups excluding carboxylic acids is 1. The molecule has 1 aromatic carbocycles. The Morgan fingerprint density at radius 3 is 2.24 bits per heavy atom. The van der Waals surface area contributed by atoms with Crippen LogP contribution in [-0.4, -0.2) is 10.5 Å². The maximum Gasteiger partial charge on any atom is 0.263 e. The molecule has 4 nitrogen and oxygen atoms in total. The highest BCUT2D eigenvalue weighted by atomic mass is 35.5. The van der Waals surface area contributed by atoms with Crippen molar-refractivity contribution in [2.45, 2.75) is 13.8 Å². The van der Waals surface area contributed by atoms with E-state index in [1.165, 1.54) is 4.57 Å². The molecule has 0 unspecified atom stereocenters. The van der Waals surface area contributed by atoms with E-state index < -0.39 is 5.91 Å². The summed E-state index contributed by atoms with van der Waals surface area (Å²) in [4.78, 5) is 24.6. The summed E-state index contributed by atoms with van der Waals surface area (Å²) < 4.78 is 1.44. The fourth-order valence-corrected chi connectivity index (χ4v) is 2.60. The monoisotopic (exact) mass is 324 g/mol. The van der Waals surface area contributed by atoms with E-state index in [0.717, 1.165) is 5.69 Å². The van der Waals surface area contributed by atoms with Crippen LogP contribution in [0.5, 0.6) is 0 Å². The molecule has 0 aliphatic carbocycles. The van der Waals surface area contributed by atoms with Gasteiger partial charge in [0.15, 0.2) is 0 Å². The summed E-state index contributed by atoms with van der Waals surface area (Å²) in [7, 11) is 1.63. The Kier molecular flexibility index (Phi) is 4.40. The molecule has 0 atom stereocenters. The van der Waals surface area contributed by atoms with Crippen LogP contribution in [0.2, 0.25) is 10.0 Å². The van der Waals surface area contributed by atoms with Crippen LogP contribution in [0.25, 0.3) is 0 Å². The Balaban J connectivity index is 2.42. The molecule has 1 aromatic heterocycles. The summed E-state index contributed by atoms with van der Waals surface area (Å²) in [5.41, 5.74) is 1.64. The molecule has 6 heteroatoms. The van der Waals surface area contributed by atoms with Crippen molar-refractivity contribution in [2.75, 3.05) is 5.32 Å². The van der Waals surface area contributed by atoms with E-state index in [1.807, 2.05) is 6.92 Å². The summed E-state index contributed by atoms with van der Waals surface area (Å²) in [6.07, 6.45) is 0. The van der Waals surface area contributed by atoms with Crippen LogP contribution in [0, 0.1) is 13.8 Å². The lowest BCUT2D eigenvalue weighted by molar-refractivity contribution is 0.102. The van der Waals surface area contributed by atoms with Crippen molar-refractivity contribution < 1.29 is 4.79 Å². The third kappa shape index (κ3) is 3.28. The molecule has 0 aliphatic heterocycles. The van der Waals surface area contributed by atoms with E-state index in [-0.39, 0.29) is 11.1 Å². The molecular weight excluding hydrogens is 311 g/mol. The first-order valence-corrected chi connectivity index (χ1v) is 7.00. The van der Waals surface area contributed by atoms with Crippen molar-refractivity contribution in [3.05, 3.63) is 61.5 Å². The van der Waals surface area contributed by atoms with Gasteiger partial charge in [-0.15, -0.1) is 0 Å². The molecule has 0 bridgehead atoms. The lowest BCUT2D eigenvalue weighted by Gasteiger charge is -2.11. The maximum absolute atomic E-state index is 12.3. The zero-order valence-electron chi connectivity index (χ0n) is 11.8. The van der Waals surface area contributed by atoms with Crippen LogP contribution >= 0.6 is 23.2 Å². The van der Waals surface area contributed by atoms with Crippen molar-refractivity contribution in [2.24, 2.45) is 7.05 Å². The zero-order chi connectivity index (χ0) is 15.7. The van der Waals surface area contributed by atoms with Gasteiger partial charge < -0.3 is 9.88 Å². The molecule has 0 spiro atoms. The van der Waals surface area contributed by atoms with Gasteiger partial charge in [-0.25, -0.2) is 0 Å². The first kappa shape index (κ1) is 15.6. The van der Waals surface area contributed by atoms with Gasteiger partial charge in [0, 0.05) is 28.5 Å². The number of aryl methyl sites for hydroxylation is 2. The van der Waals surface area contributed by atoms with Crippen LogP contribution in [0.3, 0.4) is 0 Å². The molecule has 1 amide bonds. The van der Waals surface area contributed by atoms with Gasteiger partial charge in [-0.1, -0.05) is 23.2 Å². The van der Waals surface area contributed by atoms with E-state index in [9.17, 15) is 9.59 Å². The van der Waals surface area contributed by atoms with Gasteiger partial charge >= 0.3 is 0 Å². The van der Waals surface area contributed by atoms with Gasteiger partial charge in [0.05, 0.1) is 0 Å². The normalized spacial score (nSPS) is 10.5. The van der Waals surface area contributed by atoms with E-state index in [1.54, 1.807) is 38.2 Å². The Morgan fingerprint density at radius 1 is 1.10 bits per heavy atom. The Hall–Kier alpha value is -1.78. The largest absolute Gasteiger partial charge is 0.322 e. The van der Waals surface area contributed by atoms with Crippen LogP contribution in [0.15, 0.2) is 29.1 Å². The van der Waals surface area contributed by atoms with Gasteiger partial charge in [-0.2, -0.15) is 0 Å². The SMILES string of the molecule is Cc1cc(C)n(C)c(=O)c1C(=O)Nc1cc(Cl)cc(Cl)c1. The number of rotatable bonds is 2. The minimum atomic E-state index is -0.480. The molecule has 2 aromatic rings.